The summed E-state index contributed by atoms with van der Waals surface area (Å²) in [4.78, 5) is 23.5. The maximum Gasteiger partial charge on any atom is 0.262 e. The topological polar surface area (TPSA) is 65.2 Å². The number of ether oxygens (including phenoxy) is 1. The van der Waals surface area contributed by atoms with E-state index in [0.717, 1.165) is 23.7 Å². The zero-order valence-electron chi connectivity index (χ0n) is 17.6. The molecule has 0 N–H and O–H groups in total. The van der Waals surface area contributed by atoms with Crippen molar-refractivity contribution in [2.75, 3.05) is 18.0 Å². The highest BCUT2D eigenvalue weighted by molar-refractivity contribution is 5.86. The summed E-state index contributed by atoms with van der Waals surface area (Å²) in [5.41, 5.74) is 1.24. The molecule has 4 aromatic rings. The minimum Gasteiger partial charge on any atom is -0.490 e. The van der Waals surface area contributed by atoms with E-state index >= 15 is 0 Å². The van der Waals surface area contributed by atoms with Crippen LogP contribution in [0.25, 0.3) is 21.8 Å². The third-order valence-corrected chi connectivity index (χ3v) is 5.98. The second kappa shape index (κ2) is 8.22. The zero-order chi connectivity index (χ0) is 22.2. The molecule has 1 aliphatic heterocycles. The van der Waals surface area contributed by atoms with Crippen molar-refractivity contribution >= 4 is 27.8 Å². The van der Waals surface area contributed by atoms with Gasteiger partial charge in [-0.2, -0.15) is 0 Å². The Morgan fingerprint density at radius 2 is 1.97 bits per heavy atom. The van der Waals surface area contributed by atoms with Gasteiger partial charge in [0.2, 0.25) is 5.95 Å². The van der Waals surface area contributed by atoms with Gasteiger partial charge in [-0.1, -0.05) is 6.07 Å². The molecule has 4 heterocycles. The lowest BCUT2D eigenvalue weighted by atomic mass is 10.1. The molecule has 1 saturated heterocycles. The molecule has 1 aromatic carbocycles. The molecule has 0 bridgehead atoms. The molecular weight excluding hydrogens is 416 g/mol. The number of pyridine rings is 1. The molecule has 3 aromatic heterocycles. The van der Waals surface area contributed by atoms with Crippen molar-refractivity contribution in [1.29, 1.82) is 0 Å². The third-order valence-electron chi connectivity index (χ3n) is 5.98. The molecule has 32 heavy (non-hydrogen) atoms. The fourth-order valence-corrected chi connectivity index (χ4v) is 4.35. The van der Waals surface area contributed by atoms with Gasteiger partial charge in [-0.25, -0.2) is 13.8 Å². The van der Waals surface area contributed by atoms with Gasteiger partial charge in [0.25, 0.3) is 12.0 Å². The van der Waals surface area contributed by atoms with Gasteiger partial charge in [0.05, 0.1) is 29.2 Å². The number of nitrogens with zero attached hydrogens (tertiary/aromatic N) is 5. The number of alkyl halides is 2. The van der Waals surface area contributed by atoms with E-state index in [4.69, 9.17) is 4.74 Å². The summed E-state index contributed by atoms with van der Waals surface area (Å²) >= 11 is 0. The average molecular weight is 439 g/mol. The molecule has 1 aliphatic rings. The van der Waals surface area contributed by atoms with Crippen LogP contribution >= 0.6 is 0 Å². The maximum atomic E-state index is 12.8. The Kier molecular flexibility index (Phi) is 5.24. The van der Waals surface area contributed by atoms with E-state index in [1.807, 2.05) is 24.3 Å². The standard InChI is InChI=1S/C23H23F2N5O2/c1-28-22(31)16-5-9-26-13-18(16)27-23(28)29-10-6-15(7-11-29)32-20-4-2-3-19-17(20)8-12-30(19)14-21(24)25/h2-5,8-9,12-13,15,21H,6-7,10-11,14H2,1H3. The van der Waals surface area contributed by atoms with Crippen molar-refractivity contribution < 1.29 is 13.5 Å². The molecule has 9 heteroatoms. The number of anilines is 1. The van der Waals surface area contributed by atoms with Gasteiger partial charge >= 0.3 is 0 Å². The predicted molar refractivity (Wildman–Crippen MR) is 119 cm³/mol. The number of piperidine rings is 1. The molecule has 0 saturated carbocycles. The van der Waals surface area contributed by atoms with Crippen LogP contribution in [-0.4, -0.2) is 44.7 Å². The molecule has 0 amide bonds. The first-order valence-electron chi connectivity index (χ1n) is 10.6. The monoisotopic (exact) mass is 439 g/mol. The van der Waals surface area contributed by atoms with Crippen LogP contribution in [0.4, 0.5) is 14.7 Å². The van der Waals surface area contributed by atoms with Gasteiger partial charge in [0.15, 0.2) is 0 Å². The Morgan fingerprint density at radius 1 is 1.16 bits per heavy atom. The second-order valence-electron chi connectivity index (χ2n) is 8.02. The number of hydrogen-bond donors (Lipinski definition) is 0. The number of hydrogen-bond acceptors (Lipinski definition) is 5. The third kappa shape index (κ3) is 3.68. The lowest BCUT2D eigenvalue weighted by Gasteiger charge is -2.33. The van der Waals surface area contributed by atoms with E-state index in [1.54, 1.807) is 40.8 Å². The number of benzene rings is 1. The van der Waals surface area contributed by atoms with E-state index in [0.29, 0.717) is 35.7 Å². The maximum absolute atomic E-state index is 12.8. The summed E-state index contributed by atoms with van der Waals surface area (Å²) in [7, 11) is 1.73. The Bertz CT molecular complexity index is 1330. The summed E-state index contributed by atoms with van der Waals surface area (Å²) in [5, 5.41) is 1.39. The second-order valence-corrected chi connectivity index (χ2v) is 8.02. The van der Waals surface area contributed by atoms with Crippen molar-refractivity contribution in [3.05, 3.63) is 59.3 Å². The van der Waals surface area contributed by atoms with E-state index < -0.39 is 6.43 Å². The summed E-state index contributed by atoms with van der Waals surface area (Å²) in [6.45, 7) is 1.05. The summed E-state index contributed by atoms with van der Waals surface area (Å²) in [5.74, 6) is 1.33. The van der Waals surface area contributed by atoms with E-state index in [1.165, 1.54) is 0 Å². The smallest absolute Gasteiger partial charge is 0.262 e. The molecule has 0 spiro atoms. The molecule has 0 aliphatic carbocycles. The van der Waals surface area contributed by atoms with Crippen molar-refractivity contribution in [2.24, 2.45) is 7.05 Å². The number of fused-ring (bicyclic) bond motifs is 2. The minimum absolute atomic E-state index is 0.00514. The molecule has 0 unspecified atom stereocenters. The molecule has 166 valence electrons. The van der Waals surface area contributed by atoms with Gasteiger partial charge < -0.3 is 14.2 Å². The minimum atomic E-state index is -2.41. The molecule has 1 fully saturated rings. The first kappa shape index (κ1) is 20.4. The molecule has 0 atom stereocenters. The molecule has 5 rings (SSSR count). The molecule has 7 nitrogen and oxygen atoms in total. The van der Waals surface area contributed by atoms with Gasteiger partial charge in [-0.05, 0) is 24.3 Å². The lowest BCUT2D eigenvalue weighted by molar-refractivity contribution is 0.128. The van der Waals surface area contributed by atoms with Crippen molar-refractivity contribution in [1.82, 2.24) is 19.1 Å². The Morgan fingerprint density at radius 3 is 2.75 bits per heavy atom. The number of aromatic nitrogens is 4. The van der Waals surface area contributed by atoms with Crippen molar-refractivity contribution in [2.45, 2.75) is 31.9 Å². The van der Waals surface area contributed by atoms with Crippen LogP contribution in [0.2, 0.25) is 0 Å². The highest BCUT2D eigenvalue weighted by Crippen LogP contribution is 2.30. The zero-order valence-corrected chi connectivity index (χ0v) is 17.6. The van der Waals surface area contributed by atoms with Crippen LogP contribution in [0.5, 0.6) is 5.75 Å². The van der Waals surface area contributed by atoms with Gasteiger partial charge in [-0.15, -0.1) is 0 Å². The molecule has 0 radical (unpaired) electrons. The van der Waals surface area contributed by atoms with Crippen LogP contribution < -0.4 is 15.2 Å². The van der Waals surface area contributed by atoms with Crippen LogP contribution in [0.15, 0.2) is 53.7 Å². The Hall–Kier alpha value is -3.49. The summed E-state index contributed by atoms with van der Waals surface area (Å²) in [6.07, 6.45) is 3.98. The van der Waals surface area contributed by atoms with Crippen LogP contribution in [0.1, 0.15) is 12.8 Å². The van der Waals surface area contributed by atoms with Gasteiger partial charge in [0.1, 0.15) is 11.9 Å². The lowest BCUT2D eigenvalue weighted by Crippen LogP contribution is -2.41. The van der Waals surface area contributed by atoms with E-state index in [2.05, 4.69) is 14.9 Å². The SMILES string of the molecule is Cn1c(N2CCC(Oc3cccc4c3ccn4CC(F)F)CC2)nc2cnccc2c1=O. The normalized spacial score (nSPS) is 15.2. The largest absolute Gasteiger partial charge is 0.490 e. The van der Waals surface area contributed by atoms with Crippen LogP contribution in [0.3, 0.4) is 0 Å². The van der Waals surface area contributed by atoms with Gasteiger partial charge in [0, 0.05) is 50.8 Å². The van der Waals surface area contributed by atoms with E-state index in [9.17, 15) is 13.6 Å². The van der Waals surface area contributed by atoms with E-state index in [-0.39, 0.29) is 18.2 Å². The van der Waals surface area contributed by atoms with Crippen LogP contribution in [-0.2, 0) is 13.6 Å². The van der Waals surface area contributed by atoms with Crippen molar-refractivity contribution in [3.63, 3.8) is 0 Å². The summed E-state index contributed by atoms with van der Waals surface area (Å²) < 4.78 is 35.1. The fourth-order valence-electron chi connectivity index (χ4n) is 4.35. The highest BCUT2D eigenvalue weighted by atomic mass is 19.3. The first-order valence-corrected chi connectivity index (χ1v) is 10.6. The fraction of sp³-hybridized carbons (Fsp3) is 0.348. The quantitative estimate of drug-likeness (QED) is 0.476. The predicted octanol–water partition coefficient (Wildman–Crippen LogP) is 3.60. The highest BCUT2D eigenvalue weighted by Gasteiger charge is 2.24. The number of halogens is 2. The number of rotatable bonds is 5. The average Bonchev–Trinajstić information content (AvgIpc) is 3.20. The van der Waals surface area contributed by atoms with Crippen LogP contribution in [0, 0.1) is 0 Å². The Balaban J connectivity index is 1.32. The van der Waals surface area contributed by atoms with Crippen molar-refractivity contribution in [3.8, 4) is 5.75 Å². The first-order chi connectivity index (χ1) is 15.5. The van der Waals surface area contributed by atoms with Gasteiger partial charge in [-0.3, -0.25) is 14.3 Å². The summed E-state index contributed by atoms with van der Waals surface area (Å²) in [6, 6.07) is 9.04. The molecular formula is C23H23F2N5O2. The Labute approximate surface area is 182 Å².